The maximum Gasteiger partial charge on any atom is 2.00 e. The normalized spacial score (nSPS) is 11.4. The molecule has 3 N–H and O–H groups in total. The molecule has 0 radical (unpaired) electrons. The van der Waals surface area contributed by atoms with Crippen molar-refractivity contribution in [3.8, 4) is 11.4 Å². The first-order chi connectivity index (χ1) is 13.6. The van der Waals surface area contributed by atoms with Crippen molar-refractivity contribution in [3.05, 3.63) is 68.6 Å². The number of phenolic OH excluding ortho intramolecular Hbond substituents is 1. The summed E-state index contributed by atoms with van der Waals surface area (Å²) in [6.07, 6.45) is 0. The van der Waals surface area contributed by atoms with Gasteiger partial charge in [-0.05, 0) is 19.1 Å². The molecule has 30 heavy (non-hydrogen) atoms. The number of H-pyrrole nitrogens is 1. The minimum atomic E-state index is -4.97. The number of aryl methyl sites for hydroxylation is 1. The van der Waals surface area contributed by atoms with Crippen LogP contribution in [0.4, 0.5) is 17.1 Å². The largest absolute Gasteiger partial charge is 2.00 e. The third kappa shape index (κ3) is 4.47. The smallest absolute Gasteiger partial charge is 0.504 e. The van der Waals surface area contributed by atoms with Crippen molar-refractivity contribution in [3.63, 3.8) is 0 Å². The predicted octanol–water partition coefficient (Wildman–Crippen LogP) is 2.75. The molecule has 1 heterocycles. The van der Waals surface area contributed by atoms with E-state index in [1.807, 2.05) is 0 Å². The minimum Gasteiger partial charge on any atom is -0.504 e. The van der Waals surface area contributed by atoms with Crippen molar-refractivity contribution < 1.29 is 40.4 Å². The van der Waals surface area contributed by atoms with Crippen molar-refractivity contribution in [2.24, 2.45) is 10.2 Å². The molecule has 154 valence electrons. The van der Waals surface area contributed by atoms with Crippen LogP contribution in [0.2, 0.25) is 0 Å². The van der Waals surface area contributed by atoms with E-state index in [-0.39, 0.29) is 23.0 Å². The molecule has 3 rings (SSSR count). The number of aromatic nitrogens is 2. The fourth-order valence-corrected chi connectivity index (χ4v) is 3.09. The first-order valence-corrected chi connectivity index (χ1v) is 9.31. The van der Waals surface area contributed by atoms with E-state index >= 15 is 0 Å². The number of nitro groups is 1. The Balaban J connectivity index is 0.00000320. The van der Waals surface area contributed by atoms with E-state index < -0.39 is 42.6 Å². The van der Waals surface area contributed by atoms with Gasteiger partial charge in [-0.15, -0.1) is 10.2 Å². The number of hydrogen-bond donors (Lipinski definition) is 3. The summed E-state index contributed by atoms with van der Waals surface area (Å²) in [5.41, 5.74) is -1.28. The number of non-ortho nitro benzene ring substituents is 1. The van der Waals surface area contributed by atoms with Gasteiger partial charge >= 0.3 is 17.4 Å². The Morgan fingerprint density at radius 3 is 2.37 bits per heavy atom. The second-order valence-electron chi connectivity index (χ2n) is 5.81. The molecule has 12 nitrogen and oxygen atoms in total. The van der Waals surface area contributed by atoms with Crippen LogP contribution in [0.5, 0.6) is 5.75 Å². The van der Waals surface area contributed by atoms with E-state index in [0.717, 1.165) is 6.07 Å². The van der Waals surface area contributed by atoms with Gasteiger partial charge in [0.2, 0.25) is 0 Å². The van der Waals surface area contributed by atoms with E-state index in [0.29, 0.717) is 17.4 Å². The van der Waals surface area contributed by atoms with Crippen LogP contribution in [-0.2, 0) is 27.5 Å². The van der Waals surface area contributed by atoms with Gasteiger partial charge in [0.25, 0.3) is 21.4 Å². The van der Waals surface area contributed by atoms with Gasteiger partial charge < -0.3 is 5.11 Å². The zero-order valence-corrected chi connectivity index (χ0v) is 17.2. The van der Waals surface area contributed by atoms with Crippen LogP contribution in [0, 0.1) is 17.0 Å². The molecule has 0 spiro atoms. The Hall–Kier alpha value is -3.31. The number of aromatic amines is 1. The molecular formula is C16H13CrN5O7S+2. The summed E-state index contributed by atoms with van der Waals surface area (Å²) in [5.74, 6) is -1.04. The summed E-state index contributed by atoms with van der Waals surface area (Å²) in [6, 6.07) is 9.78. The van der Waals surface area contributed by atoms with E-state index in [1.54, 1.807) is 30.3 Å². The molecule has 0 atom stereocenters. The average molecular weight is 471 g/mol. The summed E-state index contributed by atoms with van der Waals surface area (Å²) >= 11 is 0. The number of nitrogens with one attached hydrogen (secondary N) is 1. The summed E-state index contributed by atoms with van der Waals surface area (Å²) < 4.78 is 33.1. The Labute approximate surface area is 179 Å². The predicted molar refractivity (Wildman–Crippen MR) is 99.9 cm³/mol. The monoisotopic (exact) mass is 471 g/mol. The zero-order valence-electron chi connectivity index (χ0n) is 15.1. The molecular weight excluding hydrogens is 458 g/mol. The molecule has 2 aromatic carbocycles. The maximum atomic E-state index is 12.6. The van der Waals surface area contributed by atoms with E-state index in [2.05, 4.69) is 15.3 Å². The number of rotatable bonds is 5. The molecule has 0 aliphatic carbocycles. The van der Waals surface area contributed by atoms with Crippen molar-refractivity contribution >= 4 is 27.2 Å². The molecule has 0 aliphatic heterocycles. The molecule has 0 saturated carbocycles. The fourth-order valence-electron chi connectivity index (χ4n) is 2.48. The quantitative estimate of drug-likeness (QED) is 0.221. The number of phenols is 1. The molecule has 0 bridgehead atoms. The van der Waals surface area contributed by atoms with Gasteiger partial charge in [-0.1, -0.05) is 18.2 Å². The third-order valence-electron chi connectivity index (χ3n) is 3.84. The van der Waals surface area contributed by atoms with E-state index in [1.165, 1.54) is 11.6 Å². The molecule has 3 aromatic rings. The van der Waals surface area contributed by atoms with Crippen LogP contribution in [0.25, 0.3) is 5.69 Å². The number of para-hydroxylation sites is 1. The minimum absolute atomic E-state index is 0. The SMILES string of the molecule is Cc1[nH]n(-c2ccccc2)c(=O)c1N=Nc1cc([N+](=O)[O-])cc(S(=O)(=O)O)c1O.[Cr+2]. The number of nitro benzene ring substituents is 1. The molecule has 1 aromatic heterocycles. The standard InChI is InChI=1S/C16H13N5O7S.Cr/c1-9-14(16(23)20(19-9)10-5-3-2-4-6-10)18-17-12-7-11(21(24)25)8-13(15(12)22)29(26,27)28;/h2-8,19,22H,1H3,(H,26,27,28);/q;+2. The fraction of sp³-hybridized carbons (Fsp3) is 0.0625. The van der Waals surface area contributed by atoms with Gasteiger partial charge in [-0.3, -0.25) is 24.6 Å². The van der Waals surface area contributed by atoms with Crippen molar-refractivity contribution in [2.75, 3.05) is 0 Å². The number of benzene rings is 2. The van der Waals surface area contributed by atoms with Crippen molar-refractivity contribution in [2.45, 2.75) is 11.8 Å². The van der Waals surface area contributed by atoms with E-state index in [4.69, 9.17) is 4.55 Å². The van der Waals surface area contributed by atoms with E-state index in [9.17, 15) is 28.4 Å². The summed E-state index contributed by atoms with van der Waals surface area (Å²) in [5, 5.41) is 31.1. The van der Waals surface area contributed by atoms with Crippen LogP contribution in [0.3, 0.4) is 0 Å². The molecule has 14 heteroatoms. The average Bonchev–Trinajstić information content (AvgIpc) is 2.94. The van der Waals surface area contributed by atoms with Gasteiger partial charge in [0.1, 0.15) is 10.6 Å². The molecule has 0 amide bonds. The van der Waals surface area contributed by atoms with Gasteiger partial charge in [-0.25, -0.2) is 4.68 Å². The molecule has 0 fully saturated rings. The molecule has 0 saturated heterocycles. The van der Waals surface area contributed by atoms with Crippen LogP contribution >= 0.6 is 0 Å². The van der Waals surface area contributed by atoms with Gasteiger partial charge in [-0.2, -0.15) is 8.42 Å². The first-order valence-electron chi connectivity index (χ1n) is 7.87. The van der Waals surface area contributed by atoms with Crippen molar-refractivity contribution in [1.29, 1.82) is 0 Å². The van der Waals surface area contributed by atoms with Crippen LogP contribution in [0.1, 0.15) is 5.69 Å². The van der Waals surface area contributed by atoms with Crippen LogP contribution in [-0.4, -0.2) is 32.8 Å². The van der Waals surface area contributed by atoms with Gasteiger partial charge in [0.05, 0.1) is 16.3 Å². The van der Waals surface area contributed by atoms with Crippen LogP contribution in [0.15, 0.2) is 62.4 Å². The second kappa shape index (κ2) is 8.59. The Kier molecular flexibility index (Phi) is 6.58. The van der Waals surface area contributed by atoms with Gasteiger partial charge in [0, 0.05) is 12.1 Å². The Bertz CT molecular complexity index is 1300. The number of azo groups is 1. The summed E-state index contributed by atoms with van der Waals surface area (Å²) in [7, 11) is -4.97. The topological polar surface area (TPSA) is 180 Å². The summed E-state index contributed by atoms with van der Waals surface area (Å²) in [4.78, 5) is 21.5. The number of aromatic hydroxyl groups is 1. The van der Waals surface area contributed by atoms with Crippen molar-refractivity contribution in [1.82, 2.24) is 9.78 Å². The summed E-state index contributed by atoms with van der Waals surface area (Å²) in [6.45, 7) is 1.53. The second-order valence-corrected chi connectivity index (χ2v) is 7.20. The Morgan fingerprint density at radius 2 is 1.80 bits per heavy atom. The number of nitrogens with zero attached hydrogens (tertiary/aromatic N) is 4. The van der Waals surface area contributed by atoms with Gasteiger partial charge in [0.15, 0.2) is 11.4 Å². The zero-order chi connectivity index (χ0) is 21.3. The molecule has 0 aliphatic rings. The first kappa shape index (κ1) is 23.0. The Morgan fingerprint density at radius 1 is 1.17 bits per heavy atom. The maximum absolute atomic E-state index is 12.6. The van der Waals surface area contributed by atoms with Crippen LogP contribution < -0.4 is 5.56 Å². The number of hydrogen-bond acceptors (Lipinski definition) is 8. The molecule has 0 unspecified atom stereocenters. The third-order valence-corrected chi connectivity index (χ3v) is 4.71.